The molecule has 3 rings (SSSR count). The third-order valence-electron chi connectivity index (χ3n) is 3.07. The van der Waals surface area contributed by atoms with Gasteiger partial charge in [0.05, 0.1) is 5.75 Å². The van der Waals surface area contributed by atoms with Crippen LogP contribution in [0.2, 0.25) is 0 Å². The first-order chi connectivity index (χ1) is 12.6. The predicted molar refractivity (Wildman–Crippen MR) is 100 cm³/mol. The van der Waals surface area contributed by atoms with Crippen LogP contribution in [0.25, 0.3) is 6.08 Å². The summed E-state index contributed by atoms with van der Waals surface area (Å²) >= 11 is 2.52. The van der Waals surface area contributed by atoms with Crippen LogP contribution < -0.4 is 10.7 Å². The van der Waals surface area contributed by atoms with Gasteiger partial charge in [-0.25, -0.2) is 0 Å². The lowest BCUT2D eigenvalue weighted by Crippen LogP contribution is -2.07. The Morgan fingerprint density at radius 3 is 2.88 bits per heavy atom. The number of hydrogen-bond acceptors (Lipinski definition) is 8. The minimum atomic E-state index is -0.498. The Kier molecular flexibility index (Phi) is 5.82. The summed E-state index contributed by atoms with van der Waals surface area (Å²) in [6, 6.07) is 10.7. The lowest BCUT2D eigenvalue weighted by Gasteiger charge is -1.97. The molecule has 132 valence electrons. The van der Waals surface area contributed by atoms with Gasteiger partial charge in [-0.15, -0.1) is 10.2 Å². The molecule has 0 aliphatic carbocycles. The van der Waals surface area contributed by atoms with Gasteiger partial charge in [0.1, 0.15) is 12.0 Å². The van der Waals surface area contributed by atoms with E-state index >= 15 is 0 Å². The van der Waals surface area contributed by atoms with Crippen molar-refractivity contribution in [3.8, 4) is 5.75 Å². The molecule has 0 saturated heterocycles. The number of hydrogen-bond donors (Lipinski definition) is 2. The van der Waals surface area contributed by atoms with Gasteiger partial charge in [-0.3, -0.25) is 14.9 Å². The summed E-state index contributed by atoms with van der Waals surface area (Å²) in [7, 11) is 0. The highest BCUT2D eigenvalue weighted by Gasteiger charge is 2.09. The van der Waals surface area contributed by atoms with Crippen LogP contribution in [0.4, 0.5) is 5.13 Å². The summed E-state index contributed by atoms with van der Waals surface area (Å²) in [6.45, 7) is 0. The molecule has 0 fully saturated rings. The summed E-state index contributed by atoms with van der Waals surface area (Å²) in [5.74, 6) is 0.0325. The van der Waals surface area contributed by atoms with Gasteiger partial charge < -0.3 is 9.52 Å². The van der Waals surface area contributed by atoms with E-state index in [1.54, 1.807) is 6.08 Å². The Bertz CT molecular complexity index is 983. The normalized spacial score (nSPS) is 10.9. The lowest BCUT2D eigenvalue weighted by atomic mass is 10.2. The van der Waals surface area contributed by atoms with E-state index in [9.17, 15) is 9.59 Å². The zero-order chi connectivity index (χ0) is 18.4. The van der Waals surface area contributed by atoms with Crippen molar-refractivity contribution in [2.45, 2.75) is 10.1 Å². The van der Waals surface area contributed by atoms with E-state index in [-0.39, 0.29) is 5.91 Å². The number of carbonyl (C=O) groups is 1. The summed E-state index contributed by atoms with van der Waals surface area (Å²) in [5.41, 5.74) is 0.425. The first kappa shape index (κ1) is 17.9. The van der Waals surface area contributed by atoms with Crippen LogP contribution in [0, 0.1) is 0 Å². The molecular formula is C17H13N3O4S2. The van der Waals surface area contributed by atoms with Crippen LogP contribution in [0.15, 0.2) is 62.3 Å². The number of nitrogens with zero attached hydrogens (tertiary/aromatic N) is 2. The van der Waals surface area contributed by atoms with Crippen LogP contribution >= 0.6 is 23.1 Å². The fourth-order valence-corrected chi connectivity index (χ4v) is 3.50. The van der Waals surface area contributed by atoms with Gasteiger partial charge in [0.15, 0.2) is 10.1 Å². The maximum atomic E-state index is 11.9. The van der Waals surface area contributed by atoms with Gasteiger partial charge in [-0.1, -0.05) is 53.4 Å². The Balaban J connectivity index is 1.54. The van der Waals surface area contributed by atoms with Crippen LogP contribution in [0.1, 0.15) is 11.3 Å². The Labute approximate surface area is 156 Å². The highest BCUT2D eigenvalue weighted by atomic mass is 32.2. The molecule has 2 aromatic heterocycles. The Morgan fingerprint density at radius 1 is 1.31 bits per heavy atom. The molecule has 0 unspecified atom stereocenters. The van der Waals surface area contributed by atoms with Crippen molar-refractivity contribution < 1.29 is 14.3 Å². The maximum absolute atomic E-state index is 11.9. The summed E-state index contributed by atoms with van der Waals surface area (Å²) < 4.78 is 5.73. The average Bonchev–Trinajstić information content (AvgIpc) is 3.09. The second-order valence-corrected chi connectivity index (χ2v) is 7.19. The zero-order valence-electron chi connectivity index (χ0n) is 13.3. The van der Waals surface area contributed by atoms with E-state index < -0.39 is 11.2 Å². The van der Waals surface area contributed by atoms with Crippen molar-refractivity contribution in [3.05, 3.63) is 70.3 Å². The predicted octanol–water partition coefficient (Wildman–Crippen LogP) is 3.14. The van der Waals surface area contributed by atoms with E-state index in [4.69, 9.17) is 9.52 Å². The van der Waals surface area contributed by atoms with Crippen LogP contribution in [0.5, 0.6) is 5.75 Å². The molecule has 0 aliphatic heterocycles. The molecule has 2 N–H and O–H groups in total. The number of nitrogens with one attached hydrogen (secondary N) is 1. The van der Waals surface area contributed by atoms with Crippen molar-refractivity contribution in [1.82, 2.24) is 10.2 Å². The summed E-state index contributed by atoms with van der Waals surface area (Å²) in [5, 5.41) is 20.0. The number of carbonyl (C=O) groups excluding carboxylic acids is 1. The highest BCUT2D eigenvalue weighted by molar-refractivity contribution is 8.00. The molecule has 0 bridgehead atoms. The van der Waals surface area contributed by atoms with Crippen LogP contribution in [-0.2, 0) is 10.5 Å². The van der Waals surface area contributed by atoms with Gasteiger partial charge in [0.25, 0.3) is 0 Å². The van der Waals surface area contributed by atoms with Gasteiger partial charge >= 0.3 is 0 Å². The number of aromatic nitrogens is 2. The van der Waals surface area contributed by atoms with Crippen molar-refractivity contribution in [2.75, 3.05) is 5.32 Å². The molecule has 3 aromatic rings. The molecule has 0 radical (unpaired) electrons. The van der Waals surface area contributed by atoms with Gasteiger partial charge in [0, 0.05) is 12.1 Å². The largest absolute Gasteiger partial charge is 0.502 e. The lowest BCUT2D eigenvalue weighted by molar-refractivity contribution is -0.111. The van der Waals surface area contributed by atoms with Crippen molar-refractivity contribution >= 4 is 40.2 Å². The van der Waals surface area contributed by atoms with Crippen LogP contribution in [0.3, 0.4) is 0 Å². The molecule has 0 saturated carbocycles. The van der Waals surface area contributed by atoms with Gasteiger partial charge in [-0.05, 0) is 11.6 Å². The van der Waals surface area contributed by atoms with Gasteiger partial charge in [-0.2, -0.15) is 0 Å². The van der Waals surface area contributed by atoms with E-state index in [2.05, 4.69) is 15.5 Å². The maximum Gasteiger partial charge on any atom is 0.250 e. The van der Waals surface area contributed by atoms with Crippen LogP contribution in [-0.4, -0.2) is 21.2 Å². The fraction of sp³-hybridized carbons (Fsp3) is 0.0588. The number of benzene rings is 1. The second kappa shape index (κ2) is 8.45. The van der Waals surface area contributed by atoms with E-state index in [0.717, 1.165) is 11.8 Å². The minimum Gasteiger partial charge on any atom is -0.502 e. The Hall–Kier alpha value is -2.91. The number of anilines is 1. The minimum absolute atomic E-state index is 0.300. The van der Waals surface area contributed by atoms with Crippen molar-refractivity contribution in [2.24, 2.45) is 0 Å². The molecule has 0 atom stereocenters. The fourth-order valence-electron chi connectivity index (χ4n) is 1.85. The molecule has 7 nitrogen and oxygen atoms in total. The zero-order valence-corrected chi connectivity index (χ0v) is 14.9. The molecule has 9 heteroatoms. The highest BCUT2D eigenvalue weighted by Crippen LogP contribution is 2.28. The average molecular weight is 387 g/mol. The third-order valence-corrected chi connectivity index (χ3v) is 5.06. The SMILES string of the molecule is O=C(C=Cc1ccccc1)Nc1nnc(SCc2cc(=O)c(O)co2)s1. The van der Waals surface area contributed by atoms with E-state index in [1.165, 1.54) is 35.2 Å². The standard InChI is InChI=1S/C17H13N3O4S2/c21-13-8-12(24-9-14(13)22)10-25-17-20-19-16(26-17)18-15(23)7-6-11-4-2-1-3-5-11/h1-9,22H,10H2,(H,18,19,23). The van der Waals surface area contributed by atoms with Gasteiger partial charge in [0.2, 0.25) is 16.5 Å². The summed E-state index contributed by atoms with van der Waals surface area (Å²) in [4.78, 5) is 23.2. The smallest absolute Gasteiger partial charge is 0.250 e. The Morgan fingerprint density at radius 2 is 2.12 bits per heavy atom. The van der Waals surface area contributed by atoms with Crippen molar-refractivity contribution in [3.63, 3.8) is 0 Å². The first-order valence-corrected chi connectivity index (χ1v) is 9.21. The molecule has 2 heterocycles. The molecular weight excluding hydrogens is 374 g/mol. The molecule has 26 heavy (non-hydrogen) atoms. The van der Waals surface area contributed by atoms with Crippen molar-refractivity contribution in [1.29, 1.82) is 0 Å². The summed E-state index contributed by atoms with van der Waals surface area (Å²) in [6.07, 6.45) is 4.14. The monoisotopic (exact) mass is 387 g/mol. The second-order valence-electron chi connectivity index (χ2n) is 4.99. The third kappa shape index (κ3) is 5.04. The molecule has 0 spiro atoms. The molecule has 1 aromatic carbocycles. The first-order valence-electron chi connectivity index (χ1n) is 7.41. The topological polar surface area (TPSA) is 105 Å². The van der Waals surface area contributed by atoms with E-state index in [1.807, 2.05) is 30.3 Å². The molecule has 1 amide bonds. The number of thioether (sulfide) groups is 1. The number of aromatic hydroxyl groups is 1. The number of amides is 1. The quantitative estimate of drug-likeness (QED) is 0.380. The van der Waals surface area contributed by atoms with E-state index in [0.29, 0.717) is 21.0 Å². The number of rotatable bonds is 6. The molecule has 0 aliphatic rings.